The molecule has 3 N–H and O–H groups in total. The van der Waals surface area contributed by atoms with Crippen LogP contribution < -0.4 is 10.5 Å². The molecule has 8 nitrogen and oxygen atoms in total. The number of sulfonamides is 1. The summed E-state index contributed by atoms with van der Waals surface area (Å²) in [6.45, 7) is 1.96. The Bertz CT molecular complexity index is 863. The molecular formula is C15H15N3O5S. The lowest BCUT2D eigenvalue weighted by molar-refractivity contribution is 0.0526. The largest absolute Gasteiger partial charge is 0.462 e. The molecule has 0 saturated carbocycles. The third-order valence-electron chi connectivity index (χ3n) is 2.98. The maximum Gasteiger partial charge on any atom is 0.339 e. The number of ether oxygens (including phenoxy) is 1. The SMILES string of the molecule is CCOC(=O)c1cncc(-c2ccc(S(=O)(=O)NC(N)=O)cc2)c1. The fourth-order valence-corrected chi connectivity index (χ4v) is 2.82. The Morgan fingerprint density at radius 2 is 1.83 bits per heavy atom. The van der Waals surface area contributed by atoms with Crippen molar-refractivity contribution in [3.8, 4) is 11.1 Å². The van der Waals surface area contributed by atoms with Crippen molar-refractivity contribution in [3.63, 3.8) is 0 Å². The number of nitrogens with one attached hydrogen (secondary N) is 1. The smallest absolute Gasteiger partial charge is 0.339 e. The normalized spacial score (nSPS) is 10.9. The Morgan fingerprint density at radius 3 is 2.42 bits per heavy atom. The molecule has 2 rings (SSSR count). The molecule has 1 aromatic heterocycles. The third-order valence-corrected chi connectivity index (χ3v) is 4.34. The van der Waals surface area contributed by atoms with E-state index in [9.17, 15) is 18.0 Å². The number of nitrogens with zero attached hydrogens (tertiary/aromatic N) is 1. The number of hydrogen-bond acceptors (Lipinski definition) is 6. The molecule has 0 aliphatic rings. The summed E-state index contributed by atoms with van der Waals surface area (Å²) >= 11 is 0. The lowest BCUT2D eigenvalue weighted by Crippen LogP contribution is -2.34. The number of rotatable bonds is 5. The number of primary amides is 1. The highest BCUT2D eigenvalue weighted by Gasteiger charge is 2.16. The molecule has 0 unspecified atom stereocenters. The van der Waals surface area contributed by atoms with Crippen molar-refractivity contribution in [1.82, 2.24) is 9.71 Å². The molecule has 0 radical (unpaired) electrons. The highest BCUT2D eigenvalue weighted by Crippen LogP contribution is 2.21. The number of aromatic nitrogens is 1. The maximum atomic E-state index is 11.8. The van der Waals surface area contributed by atoms with Crippen LogP contribution in [0.1, 0.15) is 17.3 Å². The molecule has 0 fully saturated rings. The summed E-state index contributed by atoms with van der Waals surface area (Å²) in [7, 11) is -4.00. The summed E-state index contributed by atoms with van der Waals surface area (Å²) in [5.41, 5.74) is 6.38. The van der Waals surface area contributed by atoms with Crippen molar-refractivity contribution in [1.29, 1.82) is 0 Å². The standard InChI is InChI=1S/C15H15N3O5S/c1-2-23-14(19)12-7-11(8-17-9-12)10-3-5-13(6-4-10)24(21,22)18-15(16)20/h3-9H,2H2,1H3,(H3,16,18,20). The topological polar surface area (TPSA) is 128 Å². The van der Waals surface area contributed by atoms with Gasteiger partial charge in [0.25, 0.3) is 10.0 Å². The Balaban J connectivity index is 2.30. The van der Waals surface area contributed by atoms with E-state index in [1.165, 1.54) is 36.7 Å². The number of benzene rings is 1. The fraction of sp³-hybridized carbons (Fsp3) is 0.133. The molecule has 1 heterocycles. The Kier molecular flexibility index (Phi) is 5.14. The fourth-order valence-electron chi connectivity index (χ4n) is 1.94. The molecule has 2 amide bonds. The number of esters is 1. The van der Waals surface area contributed by atoms with Gasteiger partial charge in [-0.1, -0.05) is 12.1 Å². The predicted molar refractivity (Wildman–Crippen MR) is 85.5 cm³/mol. The van der Waals surface area contributed by atoms with E-state index >= 15 is 0 Å². The van der Waals surface area contributed by atoms with Crippen LogP contribution in [0.25, 0.3) is 11.1 Å². The molecule has 126 valence electrons. The summed E-state index contributed by atoms with van der Waals surface area (Å²) in [6.07, 6.45) is 2.92. The van der Waals surface area contributed by atoms with Crippen molar-refractivity contribution in [2.45, 2.75) is 11.8 Å². The number of urea groups is 1. The van der Waals surface area contributed by atoms with Gasteiger partial charge < -0.3 is 10.5 Å². The average molecular weight is 349 g/mol. The van der Waals surface area contributed by atoms with Crippen LogP contribution in [0.3, 0.4) is 0 Å². The Labute approximate surface area is 138 Å². The highest BCUT2D eigenvalue weighted by molar-refractivity contribution is 7.90. The van der Waals surface area contributed by atoms with Gasteiger partial charge in [0.2, 0.25) is 0 Å². The summed E-state index contributed by atoms with van der Waals surface area (Å²) in [5, 5.41) is 0. The minimum atomic E-state index is -4.00. The molecule has 1 aromatic carbocycles. The van der Waals surface area contributed by atoms with Crippen LogP contribution in [0.15, 0.2) is 47.6 Å². The van der Waals surface area contributed by atoms with E-state index in [2.05, 4.69) is 4.98 Å². The van der Waals surface area contributed by atoms with Crippen molar-refractivity contribution in [2.75, 3.05) is 6.61 Å². The molecule has 24 heavy (non-hydrogen) atoms. The molecule has 2 aromatic rings. The minimum Gasteiger partial charge on any atom is -0.462 e. The molecule has 0 bridgehead atoms. The minimum absolute atomic E-state index is 0.112. The van der Waals surface area contributed by atoms with E-state index < -0.39 is 22.0 Å². The second-order valence-corrected chi connectivity index (χ2v) is 6.36. The van der Waals surface area contributed by atoms with E-state index in [0.717, 1.165) is 0 Å². The van der Waals surface area contributed by atoms with Gasteiger partial charge in [0.05, 0.1) is 17.1 Å². The van der Waals surface area contributed by atoms with Crippen LogP contribution in [0.5, 0.6) is 0 Å². The number of amides is 2. The first-order valence-electron chi connectivity index (χ1n) is 6.88. The van der Waals surface area contributed by atoms with E-state index in [-0.39, 0.29) is 11.5 Å². The first-order valence-corrected chi connectivity index (χ1v) is 8.36. The number of pyridine rings is 1. The van der Waals surface area contributed by atoms with Crippen molar-refractivity contribution in [3.05, 3.63) is 48.3 Å². The second-order valence-electron chi connectivity index (χ2n) is 4.68. The van der Waals surface area contributed by atoms with Crippen LogP contribution in [0, 0.1) is 0 Å². The van der Waals surface area contributed by atoms with E-state index in [1.54, 1.807) is 17.7 Å². The molecule has 0 spiro atoms. The van der Waals surface area contributed by atoms with Crippen LogP contribution in [0.4, 0.5) is 4.79 Å². The lowest BCUT2D eigenvalue weighted by Gasteiger charge is -2.07. The Hall–Kier alpha value is -2.94. The lowest BCUT2D eigenvalue weighted by atomic mass is 10.1. The zero-order valence-corrected chi connectivity index (χ0v) is 13.5. The van der Waals surface area contributed by atoms with Crippen molar-refractivity contribution in [2.24, 2.45) is 5.73 Å². The van der Waals surface area contributed by atoms with E-state index in [4.69, 9.17) is 10.5 Å². The average Bonchev–Trinajstić information content (AvgIpc) is 2.54. The van der Waals surface area contributed by atoms with Gasteiger partial charge in [-0.15, -0.1) is 0 Å². The second kappa shape index (κ2) is 7.09. The van der Waals surface area contributed by atoms with Gasteiger partial charge in [-0.3, -0.25) is 4.98 Å². The molecule has 0 aliphatic carbocycles. The van der Waals surface area contributed by atoms with Gasteiger partial charge in [-0.05, 0) is 30.7 Å². The monoisotopic (exact) mass is 349 g/mol. The molecule has 0 atom stereocenters. The van der Waals surface area contributed by atoms with Crippen molar-refractivity contribution >= 4 is 22.0 Å². The summed E-state index contributed by atoms with van der Waals surface area (Å²) in [5.74, 6) is -0.489. The zero-order valence-electron chi connectivity index (χ0n) is 12.7. The third kappa shape index (κ3) is 4.07. The van der Waals surface area contributed by atoms with Gasteiger partial charge in [0, 0.05) is 18.0 Å². The first-order chi connectivity index (χ1) is 11.3. The summed E-state index contributed by atoms with van der Waals surface area (Å²) in [4.78, 5) is 26.3. The van der Waals surface area contributed by atoms with Crippen LogP contribution in [0.2, 0.25) is 0 Å². The number of carbonyl (C=O) groups is 2. The quantitative estimate of drug-likeness (QED) is 0.783. The number of nitrogens with two attached hydrogens (primary N) is 1. The van der Waals surface area contributed by atoms with Crippen LogP contribution in [-0.2, 0) is 14.8 Å². The summed E-state index contributed by atoms with van der Waals surface area (Å²) in [6, 6.07) is 6.12. The Morgan fingerprint density at radius 1 is 1.17 bits per heavy atom. The van der Waals surface area contributed by atoms with Gasteiger partial charge >= 0.3 is 12.0 Å². The highest BCUT2D eigenvalue weighted by atomic mass is 32.2. The van der Waals surface area contributed by atoms with Gasteiger partial charge in [0.1, 0.15) is 0 Å². The van der Waals surface area contributed by atoms with Crippen molar-refractivity contribution < 1.29 is 22.7 Å². The number of hydrogen-bond donors (Lipinski definition) is 2. The van der Waals surface area contributed by atoms with Gasteiger partial charge in [-0.2, -0.15) is 0 Å². The van der Waals surface area contributed by atoms with Gasteiger partial charge in [-0.25, -0.2) is 22.7 Å². The van der Waals surface area contributed by atoms with Crippen LogP contribution in [-0.4, -0.2) is 32.0 Å². The zero-order chi connectivity index (χ0) is 17.7. The molecular weight excluding hydrogens is 334 g/mol. The summed E-state index contributed by atoms with van der Waals surface area (Å²) < 4.78 is 30.2. The maximum absolute atomic E-state index is 11.8. The first kappa shape index (κ1) is 17.4. The van der Waals surface area contributed by atoms with E-state index in [0.29, 0.717) is 16.7 Å². The van der Waals surface area contributed by atoms with Gasteiger partial charge in [0.15, 0.2) is 0 Å². The van der Waals surface area contributed by atoms with Crippen LogP contribution >= 0.6 is 0 Å². The predicted octanol–water partition coefficient (Wildman–Crippen LogP) is 1.28. The number of carbonyl (C=O) groups excluding carboxylic acids is 2. The molecule has 9 heteroatoms. The molecule has 0 aliphatic heterocycles. The molecule has 0 saturated heterocycles. The van der Waals surface area contributed by atoms with E-state index in [1.807, 2.05) is 0 Å².